The second kappa shape index (κ2) is 6.91. The molecular formula is C24H15NO2S. The van der Waals surface area contributed by atoms with Gasteiger partial charge in [-0.15, -0.1) is 11.3 Å². The van der Waals surface area contributed by atoms with Gasteiger partial charge in [-0.25, -0.2) is 4.98 Å². The lowest BCUT2D eigenvalue weighted by Gasteiger charge is -2.02. The molecule has 0 unspecified atom stereocenters. The zero-order valence-electron chi connectivity index (χ0n) is 14.8. The Morgan fingerprint density at radius 1 is 0.786 bits per heavy atom. The van der Waals surface area contributed by atoms with E-state index in [9.17, 15) is 4.79 Å². The summed E-state index contributed by atoms with van der Waals surface area (Å²) in [6.07, 6.45) is 0. The van der Waals surface area contributed by atoms with Crippen LogP contribution in [0.3, 0.4) is 0 Å². The Kier molecular flexibility index (Phi) is 4.11. The van der Waals surface area contributed by atoms with E-state index in [1.807, 2.05) is 60.0 Å². The highest BCUT2D eigenvalue weighted by atomic mass is 32.1. The summed E-state index contributed by atoms with van der Waals surface area (Å²) in [4.78, 5) is 17.3. The largest absolute Gasteiger partial charge is 0.452 e. The molecule has 0 aliphatic heterocycles. The van der Waals surface area contributed by atoms with Gasteiger partial charge in [-0.05, 0) is 23.3 Å². The van der Waals surface area contributed by atoms with Gasteiger partial charge in [-0.2, -0.15) is 0 Å². The number of rotatable bonds is 4. The molecule has 5 rings (SSSR count). The van der Waals surface area contributed by atoms with Crippen LogP contribution in [0.15, 0.2) is 94.7 Å². The zero-order valence-corrected chi connectivity index (χ0v) is 15.6. The lowest BCUT2D eigenvalue weighted by atomic mass is 10.0. The Hall–Kier alpha value is -3.50. The molecule has 0 aliphatic carbocycles. The van der Waals surface area contributed by atoms with Crippen molar-refractivity contribution in [2.75, 3.05) is 0 Å². The van der Waals surface area contributed by atoms with Crippen LogP contribution in [-0.2, 0) is 0 Å². The number of furan rings is 1. The molecule has 0 spiro atoms. The minimum Gasteiger partial charge on any atom is -0.452 e. The van der Waals surface area contributed by atoms with Crippen molar-refractivity contribution in [3.05, 3.63) is 101 Å². The van der Waals surface area contributed by atoms with Crippen LogP contribution in [0.25, 0.3) is 33.4 Å². The first-order valence-corrected chi connectivity index (χ1v) is 9.80. The number of thiazole rings is 1. The third-order valence-corrected chi connectivity index (χ3v) is 5.48. The molecule has 3 aromatic carbocycles. The van der Waals surface area contributed by atoms with Crippen molar-refractivity contribution in [3.63, 3.8) is 0 Å². The van der Waals surface area contributed by atoms with Gasteiger partial charge in [0.05, 0.1) is 5.69 Å². The van der Waals surface area contributed by atoms with Crippen molar-refractivity contribution >= 4 is 28.1 Å². The van der Waals surface area contributed by atoms with Crippen LogP contribution in [0.2, 0.25) is 0 Å². The maximum Gasteiger partial charge on any atom is 0.256 e. The first-order chi connectivity index (χ1) is 13.8. The number of hydrogen-bond acceptors (Lipinski definition) is 4. The fourth-order valence-corrected chi connectivity index (χ4v) is 3.94. The molecule has 0 saturated heterocycles. The van der Waals surface area contributed by atoms with Crippen molar-refractivity contribution < 1.29 is 9.21 Å². The number of aromatic nitrogens is 1. The Morgan fingerprint density at radius 3 is 2.25 bits per heavy atom. The fraction of sp³-hybridized carbons (Fsp3) is 0. The molecule has 0 amide bonds. The number of benzene rings is 3. The summed E-state index contributed by atoms with van der Waals surface area (Å²) in [5, 5.41) is 3.26. The average molecular weight is 381 g/mol. The van der Waals surface area contributed by atoms with Crippen LogP contribution in [0, 0.1) is 0 Å². The summed E-state index contributed by atoms with van der Waals surface area (Å²) < 4.78 is 5.68. The van der Waals surface area contributed by atoms with Crippen molar-refractivity contribution in [3.8, 4) is 22.4 Å². The maximum absolute atomic E-state index is 12.8. The van der Waals surface area contributed by atoms with Gasteiger partial charge in [0.15, 0.2) is 10.8 Å². The quantitative estimate of drug-likeness (QED) is 0.336. The number of carbonyl (C=O) groups excluding carboxylic acids is 1. The van der Waals surface area contributed by atoms with Gasteiger partial charge in [0, 0.05) is 16.3 Å². The number of ketones is 1. The molecule has 4 heteroatoms. The third-order valence-electron chi connectivity index (χ3n) is 4.64. The number of carbonyl (C=O) groups is 1. The van der Waals surface area contributed by atoms with Crippen LogP contribution in [-0.4, -0.2) is 10.8 Å². The number of nitrogens with zero attached hydrogens (tertiary/aromatic N) is 1. The summed E-state index contributed by atoms with van der Waals surface area (Å²) >= 11 is 1.34. The maximum atomic E-state index is 12.8. The van der Waals surface area contributed by atoms with Crippen molar-refractivity contribution in [1.82, 2.24) is 4.98 Å². The summed E-state index contributed by atoms with van der Waals surface area (Å²) in [5.74, 6) is 0.134. The molecule has 5 aromatic rings. The SMILES string of the molecule is O=C(c1cc2ccccc2o1)c1nc(-c2ccc(-c3ccccc3)cc2)cs1. The van der Waals surface area contributed by atoms with E-state index in [1.54, 1.807) is 6.07 Å². The van der Waals surface area contributed by atoms with Crippen LogP contribution in [0.5, 0.6) is 0 Å². The summed E-state index contributed by atoms with van der Waals surface area (Å²) in [7, 11) is 0. The van der Waals surface area contributed by atoms with Gasteiger partial charge >= 0.3 is 0 Å². The van der Waals surface area contributed by atoms with Gasteiger partial charge in [-0.1, -0.05) is 72.8 Å². The molecule has 0 bridgehead atoms. The molecule has 0 aliphatic rings. The van der Waals surface area contributed by atoms with Crippen molar-refractivity contribution in [2.24, 2.45) is 0 Å². The normalized spacial score (nSPS) is 11.0. The smallest absolute Gasteiger partial charge is 0.256 e. The van der Waals surface area contributed by atoms with E-state index in [-0.39, 0.29) is 5.78 Å². The van der Waals surface area contributed by atoms with E-state index in [0.29, 0.717) is 16.4 Å². The highest BCUT2D eigenvalue weighted by Crippen LogP contribution is 2.28. The van der Waals surface area contributed by atoms with E-state index in [0.717, 1.165) is 22.2 Å². The molecule has 0 N–H and O–H groups in total. The Labute approximate surface area is 165 Å². The van der Waals surface area contributed by atoms with Crippen molar-refractivity contribution in [2.45, 2.75) is 0 Å². The molecule has 2 aromatic heterocycles. The first-order valence-electron chi connectivity index (χ1n) is 8.92. The lowest BCUT2D eigenvalue weighted by Crippen LogP contribution is -1.98. The highest BCUT2D eigenvalue weighted by Gasteiger charge is 2.18. The van der Waals surface area contributed by atoms with E-state index in [4.69, 9.17) is 4.42 Å². The predicted octanol–water partition coefficient (Wildman–Crippen LogP) is 6.45. The Morgan fingerprint density at radius 2 is 1.46 bits per heavy atom. The van der Waals surface area contributed by atoms with Gasteiger partial charge in [0.25, 0.3) is 5.78 Å². The Bertz CT molecular complexity index is 1230. The van der Waals surface area contributed by atoms with Crippen molar-refractivity contribution in [1.29, 1.82) is 0 Å². The fourth-order valence-electron chi connectivity index (χ4n) is 3.17. The average Bonchev–Trinajstić information content (AvgIpc) is 3.41. The molecule has 0 radical (unpaired) electrons. The molecular weight excluding hydrogens is 366 g/mol. The van der Waals surface area contributed by atoms with Gasteiger partial charge in [-0.3, -0.25) is 4.79 Å². The van der Waals surface area contributed by atoms with Gasteiger partial charge in [0.1, 0.15) is 5.58 Å². The summed E-state index contributed by atoms with van der Waals surface area (Å²) in [5.41, 5.74) is 4.81. The second-order valence-corrected chi connectivity index (χ2v) is 7.32. The highest BCUT2D eigenvalue weighted by molar-refractivity contribution is 7.12. The molecule has 3 nitrogen and oxygen atoms in total. The molecule has 0 fully saturated rings. The van der Waals surface area contributed by atoms with Crippen LogP contribution >= 0.6 is 11.3 Å². The second-order valence-electron chi connectivity index (χ2n) is 6.46. The minimum absolute atomic E-state index is 0.187. The lowest BCUT2D eigenvalue weighted by molar-refractivity contribution is 0.101. The van der Waals surface area contributed by atoms with E-state index < -0.39 is 0 Å². The number of fused-ring (bicyclic) bond motifs is 1. The van der Waals surface area contributed by atoms with E-state index in [2.05, 4.69) is 29.2 Å². The Balaban J connectivity index is 1.42. The monoisotopic (exact) mass is 381 g/mol. The van der Waals surface area contributed by atoms with Crippen LogP contribution in [0.4, 0.5) is 0 Å². The number of hydrogen-bond donors (Lipinski definition) is 0. The molecule has 134 valence electrons. The molecule has 0 saturated carbocycles. The van der Waals surface area contributed by atoms with Gasteiger partial charge in [0.2, 0.25) is 0 Å². The minimum atomic E-state index is -0.187. The molecule has 0 atom stereocenters. The topological polar surface area (TPSA) is 43.1 Å². The van der Waals surface area contributed by atoms with Crippen LogP contribution < -0.4 is 0 Å². The molecule has 28 heavy (non-hydrogen) atoms. The van der Waals surface area contributed by atoms with Crippen LogP contribution in [0.1, 0.15) is 15.6 Å². The summed E-state index contributed by atoms with van der Waals surface area (Å²) in [6.45, 7) is 0. The van der Waals surface area contributed by atoms with E-state index in [1.165, 1.54) is 16.9 Å². The first kappa shape index (κ1) is 16.7. The third kappa shape index (κ3) is 3.04. The molecule has 2 heterocycles. The standard InChI is InChI=1S/C24H15NO2S/c26-23(22-14-19-8-4-5-9-21(19)27-22)24-25-20(15-28-24)18-12-10-17(11-13-18)16-6-2-1-3-7-16/h1-15H. The number of para-hydroxylation sites is 1. The van der Waals surface area contributed by atoms with E-state index >= 15 is 0 Å². The zero-order chi connectivity index (χ0) is 18.9. The predicted molar refractivity (Wildman–Crippen MR) is 113 cm³/mol. The van der Waals surface area contributed by atoms with Gasteiger partial charge < -0.3 is 4.42 Å². The summed E-state index contributed by atoms with van der Waals surface area (Å²) in [6, 6.07) is 27.8.